The van der Waals surface area contributed by atoms with Crippen LogP contribution in [0.1, 0.15) is 10.4 Å². The first-order valence-corrected chi connectivity index (χ1v) is 10.8. The Balaban J connectivity index is 2.54. The molecule has 0 amide bonds. The average molecular weight is 413 g/mol. The van der Waals surface area contributed by atoms with Gasteiger partial charge in [0.15, 0.2) is 9.84 Å². The molecular weight excluding hydrogens is 396 g/mol. The Morgan fingerprint density at radius 1 is 1.36 bits per heavy atom. The third-order valence-corrected chi connectivity index (χ3v) is 7.88. The zero-order chi connectivity index (χ0) is 19.0. The van der Waals surface area contributed by atoms with Crippen molar-refractivity contribution in [2.75, 3.05) is 24.6 Å². The van der Waals surface area contributed by atoms with Crippen LogP contribution in [0.4, 0.5) is 0 Å². The van der Waals surface area contributed by atoms with E-state index in [0.717, 1.165) is 22.5 Å². The highest BCUT2D eigenvalue weighted by molar-refractivity contribution is 7.92. The molecule has 9 nitrogen and oxygen atoms in total. The van der Waals surface area contributed by atoms with E-state index < -0.39 is 54.4 Å². The van der Waals surface area contributed by atoms with Crippen LogP contribution in [0.5, 0.6) is 0 Å². The Bertz CT molecular complexity index is 886. The van der Waals surface area contributed by atoms with Gasteiger partial charge in [0.05, 0.1) is 34.2 Å². The smallest absolute Gasteiger partial charge is 0.335 e. The van der Waals surface area contributed by atoms with Gasteiger partial charge in [0.2, 0.25) is 10.0 Å². The zero-order valence-corrected chi connectivity index (χ0v) is 15.3. The molecule has 0 bridgehead atoms. The van der Waals surface area contributed by atoms with Crippen molar-refractivity contribution >= 4 is 37.4 Å². The highest BCUT2D eigenvalue weighted by Crippen LogP contribution is 2.30. The third kappa shape index (κ3) is 4.13. The lowest BCUT2D eigenvalue weighted by atomic mass is 10.2. The van der Waals surface area contributed by atoms with Gasteiger partial charge in [0.25, 0.3) is 0 Å². The van der Waals surface area contributed by atoms with Crippen molar-refractivity contribution in [2.45, 2.75) is 17.0 Å². The number of carboxylic acids is 1. The van der Waals surface area contributed by atoms with E-state index >= 15 is 0 Å². The van der Waals surface area contributed by atoms with Gasteiger partial charge >= 0.3 is 5.97 Å². The van der Waals surface area contributed by atoms with E-state index in [1.165, 1.54) is 0 Å². The summed E-state index contributed by atoms with van der Waals surface area (Å²) in [5.74, 6) is -2.46. The number of carbonyl (C=O) groups is 1. The van der Waals surface area contributed by atoms with Crippen LogP contribution in [0.15, 0.2) is 23.1 Å². The summed E-state index contributed by atoms with van der Waals surface area (Å²) in [5, 5.41) is 18.8. The summed E-state index contributed by atoms with van der Waals surface area (Å²) >= 11 is 5.92. The van der Waals surface area contributed by atoms with Crippen molar-refractivity contribution < 1.29 is 31.8 Å². The van der Waals surface area contributed by atoms with Crippen LogP contribution < -0.4 is 5.73 Å². The number of halogens is 1. The molecule has 25 heavy (non-hydrogen) atoms. The minimum atomic E-state index is -4.38. The Hall–Kier alpha value is -1.24. The summed E-state index contributed by atoms with van der Waals surface area (Å²) in [7, 11) is -7.99. The normalized spacial score (nSPS) is 23.0. The fourth-order valence-corrected chi connectivity index (χ4v) is 6.70. The molecule has 1 aliphatic rings. The molecule has 0 radical (unpaired) electrons. The Labute approximate surface area is 150 Å². The van der Waals surface area contributed by atoms with E-state index in [1.807, 2.05) is 0 Å². The SMILES string of the molecule is NCCN([C@@H]1CS(=O)(=O)C[C@H]1O)S(=O)(=O)c1cc(C(=O)O)ccc1Cl. The zero-order valence-electron chi connectivity index (χ0n) is 12.9. The number of benzene rings is 1. The van der Waals surface area contributed by atoms with Gasteiger partial charge in [0, 0.05) is 13.1 Å². The number of aromatic carboxylic acids is 1. The molecule has 12 heteroatoms. The molecule has 4 N–H and O–H groups in total. The quantitative estimate of drug-likeness (QED) is 0.545. The molecule has 1 fully saturated rings. The number of aliphatic hydroxyl groups excluding tert-OH is 1. The van der Waals surface area contributed by atoms with Crippen molar-refractivity contribution in [1.82, 2.24) is 4.31 Å². The number of nitrogens with two attached hydrogens (primary N) is 1. The number of hydrogen-bond acceptors (Lipinski definition) is 7. The van der Waals surface area contributed by atoms with Crippen molar-refractivity contribution in [3.63, 3.8) is 0 Å². The molecule has 0 unspecified atom stereocenters. The van der Waals surface area contributed by atoms with Crippen LogP contribution in [0.2, 0.25) is 5.02 Å². The van der Waals surface area contributed by atoms with Gasteiger partial charge in [-0.15, -0.1) is 0 Å². The number of nitrogens with zero attached hydrogens (tertiary/aromatic N) is 1. The maximum atomic E-state index is 12.9. The van der Waals surface area contributed by atoms with Gasteiger partial charge in [-0.25, -0.2) is 21.6 Å². The summed E-state index contributed by atoms with van der Waals surface area (Å²) in [6.07, 6.45) is -1.41. The van der Waals surface area contributed by atoms with Crippen LogP contribution in [0.3, 0.4) is 0 Å². The van der Waals surface area contributed by atoms with Crippen LogP contribution in [0, 0.1) is 0 Å². The molecule has 0 aromatic heterocycles. The lowest BCUT2D eigenvalue weighted by Gasteiger charge is -2.29. The molecule has 2 atom stereocenters. The first kappa shape index (κ1) is 20.1. The number of carboxylic acid groups (broad SMARTS) is 1. The lowest BCUT2D eigenvalue weighted by molar-refractivity contribution is 0.0696. The Morgan fingerprint density at radius 2 is 2.00 bits per heavy atom. The molecule has 0 spiro atoms. The topological polar surface area (TPSA) is 155 Å². The maximum absolute atomic E-state index is 12.9. The summed E-state index contributed by atoms with van der Waals surface area (Å²) < 4.78 is 50.1. The van der Waals surface area contributed by atoms with E-state index in [4.69, 9.17) is 22.4 Å². The highest BCUT2D eigenvalue weighted by Gasteiger charge is 2.44. The van der Waals surface area contributed by atoms with Gasteiger partial charge in [0.1, 0.15) is 4.90 Å². The van der Waals surface area contributed by atoms with E-state index in [1.54, 1.807) is 0 Å². The molecule has 2 rings (SSSR count). The largest absolute Gasteiger partial charge is 0.478 e. The summed E-state index contributed by atoms with van der Waals surface area (Å²) in [6, 6.07) is 1.94. The second-order valence-corrected chi connectivity index (χ2v) is 9.99. The molecule has 1 aromatic rings. The Morgan fingerprint density at radius 3 is 2.48 bits per heavy atom. The minimum Gasteiger partial charge on any atom is -0.478 e. The van der Waals surface area contributed by atoms with E-state index in [0.29, 0.717) is 0 Å². The van der Waals surface area contributed by atoms with Crippen LogP contribution in [-0.4, -0.2) is 74.1 Å². The first-order valence-electron chi connectivity index (χ1n) is 7.13. The van der Waals surface area contributed by atoms with Crippen molar-refractivity contribution in [1.29, 1.82) is 0 Å². The van der Waals surface area contributed by atoms with Gasteiger partial charge < -0.3 is 15.9 Å². The molecular formula is C13H17ClN2O7S2. The number of sulfone groups is 1. The molecule has 0 aliphatic carbocycles. The predicted molar refractivity (Wildman–Crippen MR) is 89.8 cm³/mol. The molecule has 0 saturated carbocycles. The molecule has 1 heterocycles. The summed E-state index contributed by atoms with van der Waals surface area (Å²) in [5.41, 5.74) is 5.14. The number of hydrogen-bond donors (Lipinski definition) is 3. The second kappa shape index (κ2) is 7.17. The fraction of sp³-hybridized carbons (Fsp3) is 0.462. The molecule has 1 aromatic carbocycles. The van der Waals surface area contributed by atoms with Crippen molar-refractivity contribution in [3.05, 3.63) is 28.8 Å². The van der Waals surface area contributed by atoms with Crippen molar-refractivity contribution in [2.24, 2.45) is 5.73 Å². The van der Waals surface area contributed by atoms with E-state index in [9.17, 15) is 26.7 Å². The third-order valence-electron chi connectivity index (χ3n) is 3.78. The van der Waals surface area contributed by atoms with E-state index in [-0.39, 0.29) is 23.7 Å². The second-order valence-electron chi connectivity index (χ2n) is 5.57. The number of rotatable bonds is 6. The molecule has 1 aliphatic heterocycles. The monoisotopic (exact) mass is 412 g/mol. The van der Waals surface area contributed by atoms with Gasteiger partial charge in [-0.1, -0.05) is 11.6 Å². The van der Waals surface area contributed by atoms with Crippen LogP contribution in [0.25, 0.3) is 0 Å². The summed E-state index contributed by atoms with van der Waals surface area (Å²) in [4.78, 5) is 10.6. The number of aliphatic hydroxyl groups is 1. The molecule has 140 valence electrons. The molecule has 1 saturated heterocycles. The van der Waals surface area contributed by atoms with Gasteiger partial charge in [-0.2, -0.15) is 4.31 Å². The average Bonchev–Trinajstić information content (AvgIpc) is 2.77. The highest BCUT2D eigenvalue weighted by atomic mass is 35.5. The summed E-state index contributed by atoms with van der Waals surface area (Å²) in [6.45, 7) is -0.383. The van der Waals surface area contributed by atoms with E-state index in [2.05, 4.69) is 0 Å². The first-order chi connectivity index (χ1) is 11.5. The van der Waals surface area contributed by atoms with Crippen LogP contribution >= 0.6 is 11.6 Å². The van der Waals surface area contributed by atoms with Gasteiger partial charge in [-0.05, 0) is 18.2 Å². The van der Waals surface area contributed by atoms with Gasteiger partial charge in [-0.3, -0.25) is 0 Å². The van der Waals surface area contributed by atoms with Crippen molar-refractivity contribution in [3.8, 4) is 0 Å². The minimum absolute atomic E-state index is 0.126. The number of sulfonamides is 1. The lowest BCUT2D eigenvalue weighted by Crippen LogP contribution is -2.48. The Kier molecular flexibility index (Phi) is 5.76. The predicted octanol–water partition coefficient (Wildman–Crippen LogP) is -0.854. The fourth-order valence-electron chi connectivity index (χ4n) is 2.64. The van der Waals surface area contributed by atoms with Crippen LogP contribution in [-0.2, 0) is 19.9 Å². The standard InChI is InChI=1S/C13H17ClN2O7S2/c14-9-2-1-8(13(18)19)5-12(9)25(22,23)16(4-3-15)10-6-24(20,21)7-11(10)17/h1-2,5,10-11,17H,3-4,6-7,15H2,(H,18,19)/t10-,11-/m1/s1. The maximum Gasteiger partial charge on any atom is 0.335 e.